The van der Waals surface area contributed by atoms with Gasteiger partial charge < -0.3 is 53.6 Å². The number of ether oxygens (including phenoxy) is 1. The molecule has 0 saturated carbocycles. The van der Waals surface area contributed by atoms with Crippen molar-refractivity contribution in [1.29, 1.82) is 0 Å². The molecule has 1 aromatic rings. The third-order valence-corrected chi connectivity index (χ3v) is 7.86. The molecule has 0 aliphatic carbocycles. The summed E-state index contributed by atoms with van der Waals surface area (Å²) >= 11 is 0. The van der Waals surface area contributed by atoms with Gasteiger partial charge in [-0.3, -0.25) is 29.2 Å². The zero-order chi connectivity index (χ0) is 41.7. The lowest BCUT2D eigenvalue weighted by Crippen LogP contribution is -2.58. The van der Waals surface area contributed by atoms with Crippen molar-refractivity contribution in [2.24, 2.45) is 38.8 Å². The van der Waals surface area contributed by atoms with Crippen molar-refractivity contribution >= 4 is 47.5 Å². The number of nitrogens with zero attached hydrogens (tertiary/aromatic N) is 3. The number of carbonyl (C=O) groups excluding carboxylic acids is 5. The number of alkyl carbamates (subject to hydrolysis) is 1. The quantitative estimate of drug-likeness (QED) is 0.0403. The number of hydrogen-bond acceptors (Lipinski definition) is 9. The summed E-state index contributed by atoms with van der Waals surface area (Å²) in [5, 5.41) is 15.0. The smallest absolute Gasteiger partial charge is 0.475 e. The van der Waals surface area contributed by atoms with Crippen molar-refractivity contribution in [3.8, 4) is 0 Å². The molecule has 55 heavy (non-hydrogen) atoms. The molecule has 2 rings (SSSR count). The maximum Gasteiger partial charge on any atom is 0.490 e. The van der Waals surface area contributed by atoms with E-state index in [1.54, 1.807) is 38.1 Å². The molecular formula is C33H50F4N10O8. The van der Waals surface area contributed by atoms with Crippen LogP contribution in [-0.4, -0.2) is 114 Å². The maximum absolute atomic E-state index is 13.9. The van der Waals surface area contributed by atoms with Crippen LogP contribution < -0.4 is 38.9 Å². The fourth-order valence-electron chi connectivity index (χ4n) is 5.13. The molecule has 0 bridgehead atoms. The van der Waals surface area contributed by atoms with Gasteiger partial charge in [0.15, 0.2) is 17.7 Å². The van der Waals surface area contributed by atoms with Gasteiger partial charge >= 0.3 is 18.2 Å². The molecule has 1 fully saturated rings. The Morgan fingerprint density at radius 1 is 0.909 bits per heavy atom. The second-order valence-corrected chi connectivity index (χ2v) is 12.5. The molecule has 0 radical (unpaired) electrons. The van der Waals surface area contributed by atoms with E-state index in [0.29, 0.717) is 25.7 Å². The molecule has 4 amide bonds. The Morgan fingerprint density at radius 3 is 1.95 bits per heavy atom. The molecule has 12 N–H and O–H groups in total. The van der Waals surface area contributed by atoms with Gasteiger partial charge in [0.05, 0.1) is 6.04 Å². The van der Waals surface area contributed by atoms with Crippen LogP contribution in [-0.2, 0) is 35.3 Å². The zero-order valence-electron chi connectivity index (χ0n) is 30.5. The molecule has 1 aliphatic rings. The van der Waals surface area contributed by atoms with Crippen LogP contribution >= 0.6 is 0 Å². The van der Waals surface area contributed by atoms with Gasteiger partial charge in [-0.1, -0.05) is 44.2 Å². The van der Waals surface area contributed by atoms with Crippen molar-refractivity contribution in [3.63, 3.8) is 0 Å². The molecule has 4 atom stereocenters. The number of ketones is 1. The van der Waals surface area contributed by atoms with Gasteiger partial charge in [-0.15, -0.1) is 0 Å². The van der Waals surface area contributed by atoms with E-state index < -0.39 is 72.6 Å². The number of alkyl halides is 4. The Bertz CT molecular complexity index is 1490. The van der Waals surface area contributed by atoms with E-state index in [9.17, 15) is 41.5 Å². The third-order valence-electron chi connectivity index (χ3n) is 7.86. The highest BCUT2D eigenvalue weighted by Crippen LogP contribution is 2.21. The molecule has 18 nitrogen and oxygen atoms in total. The van der Waals surface area contributed by atoms with E-state index in [-0.39, 0.29) is 56.9 Å². The number of carboxylic acid groups (broad SMARTS) is 1. The van der Waals surface area contributed by atoms with E-state index in [1.807, 2.05) is 6.07 Å². The first-order valence-corrected chi connectivity index (χ1v) is 17.2. The number of guanidine groups is 2. The molecule has 308 valence electrons. The first-order valence-electron chi connectivity index (χ1n) is 17.2. The van der Waals surface area contributed by atoms with Crippen molar-refractivity contribution in [2.75, 3.05) is 26.3 Å². The Kier molecular flexibility index (Phi) is 20.5. The van der Waals surface area contributed by atoms with E-state index >= 15 is 0 Å². The number of amides is 4. The third kappa shape index (κ3) is 18.3. The SMILES string of the molecule is CC(C)C(NC(=O)OCc1ccccc1)C(=O)NC(CCCN=C(N)N)C(=O)N1CCCC1C(=O)NC(CCCN=C(N)N)C(=O)CF.O=C(O)C(F)(F)F. The van der Waals surface area contributed by atoms with Gasteiger partial charge in [-0.25, -0.2) is 14.0 Å². The number of likely N-dealkylation sites (tertiary alicyclic amines) is 1. The first-order chi connectivity index (χ1) is 25.8. The Morgan fingerprint density at radius 2 is 1.45 bits per heavy atom. The number of carbonyl (C=O) groups is 6. The van der Waals surface area contributed by atoms with Crippen LogP contribution in [0, 0.1) is 5.92 Å². The van der Waals surface area contributed by atoms with Crippen molar-refractivity contribution in [1.82, 2.24) is 20.9 Å². The molecule has 1 aliphatic heterocycles. The average molecular weight is 791 g/mol. The van der Waals surface area contributed by atoms with Crippen LogP contribution in [0.1, 0.15) is 57.9 Å². The summed E-state index contributed by atoms with van der Waals surface area (Å²) in [5.41, 5.74) is 22.3. The fourth-order valence-corrected chi connectivity index (χ4v) is 5.13. The Hall–Kier alpha value is -5.70. The summed E-state index contributed by atoms with van der Waals surface area (Å²) in [4.78, 5) is 83.6. The number of halogens is 4. The monoisotopic (exact) mass is 790 g/mol. The first kappa shape index (κ1) is 47.3. The van der Waals surface area contributed by atoms with Gasteiger partial charge in [0.2, 0.25) is 17.7 Å². The van der Waals surface area contributed by atoms with E-state index in [1.165, 1.54) is 4.90 Å². The van der Waals surface area contributed by atoms with E-state index in [0.717, 1.165) is 5.56 Å². The van der Waals surface area contributed by atoms with Gasteiger partial charge in [-0.05, 0) is 50.0 Å². The highest BCUT2D eigenvalue weighted by Gasteiger charge is 2.40. The van der Waals surface area contributed by atoms with Crippen LogP contribution in [0.4, 0.5) is 22.4 Å². The fraction of sp³-hybridized carbons (Fsp3) is 0.576. The second-order valence-electron chi connectivity index (χ2n) is 12.5. The molecule has 1 saturated heterocycles. The normalized spacial score (nSPS) is 15.3. The Balaban J connectivity index is 0.00000196. The van der Waals surface area contributed by atoms with Crippen LogP contribution in [0.2, 0.25) is 0 Å². The molecule has 1 aromatic carbocycles. The standard InChI is InChI=1S/C31H49FN10O6.C2HF3O2/c1-19(2)25(41-31(47)48-18-20-9-4-3-5-10-20)27(45)40-22(12-7-15-38-30(35)36)28(46)42-16-8-13-23(42)26(44)39-21(24(43)17-32)11-6-14-37-29(33)34;3-2(4,5)1(6)7/h3-5,9-10,19,21-23,25H,6-8,11-18H2,1-2H3,(H,39,44)(H,40,45)(H,41,47)(H4,33,34,37)(H4,35,36,38);(H,6,7). The van der Waals surface area contributed by atoms with E-state index in [2.05, 4.69) is 25.9 Å². The number of aliphatic imine (C=N–C) groups is 2. The number of hydrogen-bond donors (Lipinski definition) is 8. The molecule has 22 heteroatoms. The summed E-state index contributed by atoms with van der Waals surface area (Å²) in [7, 11) is 0. The van der Waals surface area contributed by atoms with E-state index in [4.69, 9.17) is 37.6 Å². The number of Topliss-reactive ketones (excluding diaryl/α,β-unsaturated/α-hetero) is 1. The van der Waals surface area contributed by atoms with Gasteiger partial charge in [0.1, 0.15) is 31.4 Å². The average Bonchev–Trinajstić information content (AvgIpc) is 3.62. The number of rotatable bonds is 19. The molecular weight excluding hydrogens is 740 g/mol. The number of nitrogens with two attached hydrogens (primary N) is 4. The minimum absolute atomic E-state index is 0.00251. The highest BCUT2D eigenvalue weighted by atomic mass is 19.4. The maximum atomic E-state index is 13.9. The molecule has 0 aromatic heterocycles. The lowest BCUT2D eigenvalue weighted by molar-refractivity contribution is -0.192. The number of aliphatic carboxylic acids is 1. The summed E-state index contributed by atoms with van der Waals surface area (Å²) in [5.74, 6) is -6.01. The predicted molar refractivity (Wildman–Crippen MR) is 191 cm³/mol. The Labute approximate surface area is 314 Å². The summed E-state index contributed by atoms with van der Waals surface area (Å²) in [6.45, 7) is 2.74. The largest absolute Gasteiger partial charge is 0.490 e. The van der Waals surface area contributed by atoms with Crippen molar-refractivity contribution in [2.45, 2.75) is 89.3 Å². The van der Waals surface area contributed by atoms with Crippen LogP contribution in [0.5, 0.6) is 0 Å². The second kappa shape index (κ2) is 23.9. The van der Waals surface area contributed by atoms with Crippen LogP contribution in [0.25, 0.3) is 0 Å². The molecule has 0 spiro atoms. The van der Waals surface area contributed by atoms with Gasteiger partial charge in [-0.2, -0.15) is 13.2 Å². The van der Waals surface area contributed by atoms with Crippen LogP contribution in [0.3, 0.4) is 0 Å². The lowest BCUT2D eigenvalue weighted by atomic mass is 10.0. The van der Waals surface area contributed by atoms with Gasteiger partial charge in [0.25, 0.3) is 0 Å². The topological polar surface area (TPSA) is 300 Å². The van der Waals surface area contributed by atoms with Crippen molar-refractivity contribution in [3.05, 3.63) is 35.9 Å². The van der Waals surface area contributed by atoms with Crippen molar-refractivity contribution < 1.29 is 56.2 Å². The predicted octanol–water partition coefficient (Wildman–Crippen LogP) is 0.177. The summed E-state index contributed by atoms with van der Waals surface area (Å²) < 4.78 is 50.3. The van der Waals surface area contributed by atoms with Crippen LogP contribution in [0.15, 0.2) is 40.3 Å². The summed E-state index contributed by atoms with van der Waals surface area (Å²) in [6, 6.07) is 4.77. The minimum atomic E-state index is -5.08. The highest BCUT2D eigenvalue weighted by molar-refractivity contribution is 5.96. The zero-order valence-corrected chi connectivity index (χ0v) is 30.5. The number of carboxylic acids is 1. The summed E-state index contributed by atoms with van der Waals surface area (Å²) in [6.07, 6.45) is -4.31. The lowest BCUT2D eigenvalue weighted by Gasteiger charge is -2.31. The number of benzene rings is 1. The number of nitrogens with one attached hydrogen (secondary N) is 3. The van der Waals surface area contributed by atoms with Gasteiger partial charge in [0, 0.05) is 19.6 Å². The molecule has 4 unspecified atom stereocenters. The minimum Gasteiger partial charge on any atom is -0.475 e. The molecule has 1 heterocycles.